The van der Waals surface area contributed by atoms with Crippen molar-refractivity contribution in [3.05, 3.63) is 16.6 Å². The van der Waals surface area contributed by atoms with Crippen molar-refractivity contribution in [2.75, 3.05) is 6.54 Å². The number of aromatic nitrogens is 1. The summed E-state index contributed by atoms with van der Waals surface area (Å²) in [7, 11) is 0. The predicted molar refractivity (Wildman–Crippen MR) is 57.3 cm³/mol. The normalized spacial score (nSPS) is 14.1. The highest BCUT2D eigenvalue weighted by molar-refractivity contribution is 7.11. The second-order valence-electron chi connectivity index (χ2n) is 3.62. The van der Waals surface area contributed by atoms with E-state index in [2.05, 4.69) is 10.3 Å². The molecular weight excluding hydrogens is 232 g/mol. The van der Waals surface area contributed by atoms with Crippen LogP contribution in [0.15, 0.2) is 11.7 Å². The molecule has 7 heteroatoms. The highest BCUT2D eigenvalue weighted by atomic mass is 32.1. The Hall–Kier alpha value is -1.47. The molecule has 0 fully saturated rings. The summed E-state index contributed by atoms with van der Waals surface area (Å²) < 4.78 is 0. The van der Waals surface area contributed by atoms with Crippen molar-refractivity contribution in [2.24, 2.45) is 0 Å². The molecule has 1 unspecified atom stereocenters. The predicted octanol–water partition coefficient (Wildman–Crippen LogP) is 0.0986. The molecule has 0 bridgehead atoms. The summed E-state index contributed by atoms with van der Waals surface area (Å²) in [6, 6.07) is 0. The van der Waals surface area contributed by atoms with Crippen molar-refractivity contribution >= 4 is 23.2 Å². The maximum absolute atomic E-state index is 11.4. The summed E-state index contributed by atoms with van der Waals surface area (Å²) >= 11 is 1.17. The van der Waals surface area contributed by atoms with Crippen molar-refractivity contribution in [1.82, 2.24) is 10.3 Å². The minimum absolute atomic E-state index is 0.115. The Morgan fingerprint density at radius 1 is 1.62 bits per heavy atom. The van der Waals surface area contributed by atoms with Crippen LogP contribution in [0.2, 0.25) is 0 Å². The van der Waals surface area contributed by atoms with E-state index in [1.165, 1.54) is 30.0 Å². The first-order chi connectivity index (χ1) is 7.41. The lowest BCUT2D eigenvalue weighted by molar-refractivity contribution is -0.141. The van der Waals surface area contributed by atoms with E-state index in [1.54, 1.807) is 0 Å². The smallest absolute Gasteiger partial charge is 0.306 e. The van der Waals surface area contributed by atoms with Crippen LogP contribution in [0.25, 0.3) is 0 Å². The Morgan fingerprint density at radius 2 is 2.31 bits per heavy atom. The van der Waals surface area contributed by atoms with Crippen LogP contribution in [0.3, 0.4) is 0 Å². The zero-order valence-corrected chi connectivity index (χ0v) is 9.45. The van der Waals surface area contributed by atoms with Crippen molar-refractivity contribution < 1.29 is 19.8 Å². The second kappa shape index (κ2) is 5.04. The Kier molecular flexibility index (Phi) is 3.97. The first-order valence-electron chi connectivity index (χ1n) is 4.51. The summed E-state index contributed by atoms with van der Waals surface area (Å²) in [6.45, 7) is 1.24. The molecule has 16 heavy (non-hydrogen) atoms. The van der Waals surface area contributed by atoms with Crippen molar-refractivity contribution in [2.45, 2.75) is 18.9 Å². The first kappa shape index (κ1) is 12.6. The van der Waals surface area contributed by atoms with Crippen LogP contribution in [0.4, 0.5) is 0 Å². The lowest BCUT2D eigenvalue weighted by Gasteiger charge is -2.21. The molecule has 1 amide bonds. The minimum atomic E-state index is -1.45. The van der Waals surface area contributed by atoms with Gasteiger partial charge in [0, 0.05) is 6.54 Å². The summed E-state index contributed by atoms with van der Waals surface area (Å²) in [5.74, 6) is -1.48. The molecule has 1 rings (SSSR count). The van der Waals surface area contributed by atoms with Gasteiger partial charge in [0.1, 0.15) is 4.88 Å². The fourth-order valence-electron chi connectivity index (χ4n) is 1.07. The molecule has 6 nitrogen and oxygen atoms in total. The van der Waals surface area contributed by atoms with E-state index in [-0.39, 0.29) is 12.5 Å². The number of thiazole rings is 1. The van der Waals surface area contributed by atoms with Gasteiger partial charge in [-0.2, -0.15) is 0 Å². The van der Waals surface area contributed by atoms with E-state index in [1.807, 2.05) is 0 Å². The maximum atomic E-state index is 11.4. The van der Waals surface area contributed by atoms with Crippen LogP contribution in [0, 0.1) is 0 Å². The number of aliphatic hydroxyl groups is 1. The molecule has 0 aliphatic carbocycles. The number of hydrogen-bond donors (Lipinski definition) is 3. The van der Waals surface area contributed by atoms with Crippen LogP contribution < -0.4 is 5.32 Å². The molecule has 88 valence electrons. The SMILES string of the molecule is CC(O)(CNC(=O)c1cncs1)CC(=O)O. The Bertz CT molecular complexity index is 375. The van der Waals surface area contributed by atoms with Gasteiger partial charge in [-0.1, -0.05) is 0 Å². The number of nitrogens with zero attached hydrogens (tertiary/aromatic N) is 1. The van der Waals surface area contributed by atoms with Gasteiger partial charge < -0.3 is 15.5 Å². The van der Waals surface area contributed by atoms with E-state index in [0.29, 0.717) is 4.88 Å². The van der Waals surface area contributed by atoms with Crippen molar-refractivity contribution in [1.29, 1.82) is 0 Å². The standard InChI is InChI=1S/C9H12N2O4S/c1-9(15,2-7(12)13)4-11-8(14)6-3-10-5-16-6/h3,5,15H,2,4H2,1H3,(H,11,14)(H,12,13). The number of carbonyl (C=O) groups excluding carboxylic acids is 1. The Morgan fingerprint density at radius 3 is 2.81 bits per heavy atom. The summed E-state index contributed by atoms with van der Waals surface area (Å²) in [5.41, 5.74) is 0.0660. The number of hydrogen-bond acceptors (Lipinski definition) is 5. The molecule has 0 aliphatic rings. The van der Waals surface area contributed by atoms with Gasteiger partial charge in [-0.15, -0.1) is 11.3 Å². The van der Waals surface area contributed by atoms with E-state index in [0.717, 1.165) is 0 Å². The zero-order valence-electron chi connectivity index (χ0n) is 8.64. The number of nitrogens with one attached hydrogen (secondary N) is 1. The molecule has 1 heterocycles. The topological polar surface area (TPSA) is 99.5 Å². The molecule has 0 saturated heterocycles. The number of carbonyl (C=O) groups is 2. The Balaban J connectivity index is 2.45. The first-order valence-corrected chi connectivity index (χ1v) is 5.39. The van der Waals surface area contributed by atoms with E-state index < -0.39 is 18.0 Å². The highest BCUT2D eigenvalue weighted by Gasteiger charge is 2.25. The molecule has 1 aromatic heterocycles. The minimum Gasteiger partial charge on any atom is -0.481 e. The van der Waals surface area contributed by atoms with Gasteiger partial charge in [0.2, 0.25) is 0 Å². The number of amides is 1. The highest BCUT2D eigenvalue weighted by Crippen LogP contribution is 2.09. The third kappa shape index (κ3) is 3.95. The van der Waals surface area contributed by atoms with Gasteiger partial charge in [0.15, 0.2) is 0 Å². The van der Waals surface area contributed by atoms with Crippen LogP contribution in [-0.4, -0.2) is 39.2 Å². The monoisotopic (exact) mass is 244 g/mol. The second-order valence-corrected chi connectivity index (χ2v) is 4.50. The van der Waals surface area contributed by atoms with E-state index in [9.17, 15) is 14.7 Å². The van der Waals surface area contributed by atoms with Crippen LogP contribution in [0.1, 0.15) is 23.0 Å². The zero-order chi connectivity index (χ0) is 12.2. The molecule has 0 spiro atoms. The van der Waals surface area contributed by atoms with Crippen molar-refractivity contribution in [3.8, 4) is 0 Å². The van der Waals surface area contributed by atoms with E-state index >= 15 is 0 Å². The summed E-state index contributed by atoms with van der Waals surface area (Å²) in [4.78, 5) is 26.0. The summed E-state index contributed by atoms with van der Waals surface area (Å²) in [6.07, 6.45) is 0.988. The summed E-state index contributed by atoms with van der Waals surface area (Å²) in [5, 5.41) is 20.6. The number of rotatable bonds is 5. The molecule has 0 aromatic carbocycles. The van der Waals surface area contributed by atoms with Gasteiger partial charge in [-0.3, -0.25) is 14.6 Å². The van der Waals surface area contributed by atoms with Crippen LogP contribution in [-0.2, 0) is 4.79 Å². The molecule has 0 saturated carbocycles. The molecule has 0 radical (unpaired) electrons. The molecule has 1 atom stereocenters. The van der Waals surface area contributed by atoms with Crippen molar-refractivity contribution in [3.63, 3.8) is 0 Å². The van der Waals surface area contributed by atoms with Gasteiger partial charge in [0.05, 0.1) is 23.7 Å². The lowest BCUT2D eigenvalue weighted by Crippen LogP contribution is -2.41. The number of aliphatic carboxylic acids is 1. The fraction of sp³-hybridized carbons (Fsp3) is 0.444. The molecule has 1 aromatic rings. The molecule has 0 aliphatic heterocycles. The van der Waals surface area contributed by atoms with Gasteiger partial charge in [0.25, 0.3) is 5.91 Å². The van der Waals surface area contributed by atoms with Gasteiger partial charge >= 0.3 is 5.97 Å². The molecule has 3 N–H and O–H groups in total. The van der Waals surface area contributed by atoms with Gasteiger partial charge in [-0.25, -0.2) is 0 Å². The largest absolute Gasteiger partial charge is 0.481 e. The van der Waals surface area contributed by atoms with Gasteiger partial charge in [-0.05, 0) is 6.92 Å². The van der Waals surface area contributed by atoms with Crippen LogP contribution in [0.5, 0.6) is 0 Å². The molecular formula is C9H12N2O4S. The number of carboxylic acid groups (broad SMARTS) is 1. The average molecular weight is 244 g/mol. The number of carboxylic acids is 1. The quantitative estimate of drug-likeness (QED) is 0.682. The Labute approximate surface area is 95.9 Å². The van der Waals surface area contributed by atoms with E-state index in [4.69, 9.17) is 5.11 Å². The van der Waals surface area contributed by atoms with Crippen LogP contribution >= 0.6 is 11.3 Å². The average Bonchev–Trinajstić information content (AvgIpc) is 2.64. The maximum Gasteiger partial charge on any atom is 0.306 e. The third-order valence-electron chi connectivity index (χ3n) is 1.82. The lowest BCUT2D eigenvalue weighted by atomic mass is 10.0. The fourth-order valence-corrected chi connectivity index (χ4v) is 1.61. The third-order valence-corrected chi connectivity index (χ3v) is 2.59.